The number of rotatable bonds is 5. The first-order chi connectivity index (χ1) is 12.6. The van der Waals surface area contributed by atoms with Crippen LogP contribution in [0.2, 0.25) is 0 Å². The van der Waals surface area contributed by atoms with Gasteiger partial charge >= 0.3 is 0 Å². The summed E-state index contributed by atoms with van der Waals surface area (Å²) < 4.78 is 0. The molecule has 4 heteroatoms. The molecule has 0 fully saturated rings. The predicted octanol–water partition coefficient (Wildman–Crippen LogP) is 4.12. The minimum atomic E-state index is -0.0385. The fraction of sp³-hybridized carbons (Fsp3) is 0.364. The number of hydrogen-bond acceptors (Lipinski definition) is 2. The van der Waals surface area contributed by atoms with E-state index in [0.717, 1.165) is 42.5 Å². The van der Waals surface area contributed by atoms with Gasteiger partial charge in [-0.1, -0.05) is 31.0 Å². The Balaban J connectivity index is 1.82. The van der Waals surface area contributed by atoms with E-state index in [4.69, 9.17) is 0 Å². The molecule has 0 atom stereocenters. The second kappa shape index (κ2) is 8.17. The van der Waals surface area contributed by atoms with E-state index in [1.807, 2.05) is 54.3 Å². The molecule has 0 saturated heterocycles. The van der Waals surface area contributed by atoms with Gasteiger partial charge in [0.15, 0.2) is 0 Å². The molecule has 0 saturated carbocycles. The van der Waals surface area contributed by atoms with Crippen molar-refractivity contribution in [3.63, 3.8) is 0 Å². The van der Waals surface area contributed by atoms with Gasteiger partial charge in [-0.05, 0) is 62.1 Å². The molecule has 1 aliphatic rings. The lowest BCUT2D eigenvalue weighted by molar-refractivity contribution is 0.0952. The van der Waals surface area contributed by atoms with Crippen LogP contribution in [-0.4, -0.2) is 24.9 Å². The molecule has 0 bridgehead atoms. The van der Waals surface area contributed by atoms with Crippen LogP contribution in [0.3, 0.4) is 0 Å². The summed E-state index contributed by atoms with van der Waals surface area (Å²) in [5.74, 6) is -0.0156. The Kier molecular flexibility index (Phi) is 5.71. The maximum Gasteiger partial charge on any atom is 0.258 e. The summed E-state index contributed by atoms with van der Waals surface area (Å²) in [7, 11) is 0. The normalized spacial score (nSPS) is 13.2. The largest absolute Gasteiger partial charge is 0.352 e. The highest BCUT2D eigenvalue weighted by Crippen LogP contribution is 2.29. The number of nitrogens with zero attached hydrogens (tertiary/aromatic N) is 1. The summed E-state index contributed by atoms with van der Waals surface area (Å²) in [4.78, 5) is 27.1. The van der Waals surface area contributed by atoms with E-state index in [9.17, 15) is 9.59 Å². The SMILES string of the molecule is CCCCNC(=O)c1ccc2c(c1)CCCN2C(=O)c1cccc(C)c1. The van der Waals surface area contributed by atoms with Crippen molar-refractivity contribution in [2.75, 3.05) is 18.0 Å². The van der Waals surface area contributed by atoms with Gasteiger partial charge in [0, 0.05) is 29.9 Å². The maximum absolute atomic E-state index is 13.0. The lowest BCUT2D eigenvalue weighted by atomic mass is 9.98. The zero-order valence-corrected chi connectivity index (χ0v) is 15.5. The van der Waals surface area contributed by atoms with Crippen LogP contribution < -0.4 is 10.2 Å². The Morgan fingerprint density at radius 2 is 1.96 bits per heavy atom. The van der Waals surface area contributed by atoms with Gasteiger partial charge in [0.25, 0.3) is 11.8 Å². The third-order valence-corrected chi connectivity index (χ3v) is 4.79. The van der Waals surface area contributed by atoms with Crippen LogP contribution in [-0.2, 0) is 6.42 Å². The average molecular weight is 350 g/mol. The summed E-state index contributed by atoms with van der Waals surface area (Å²) in [6.45, 7) is 5.50. The number of nitrogens with one attached hydrogen (secondary N) is 1. The van der Waals surface area contributed by atoms with E-state index in [-0.39, 0.29) is 11.8 Å². The number of hydrogen-bond donors (Lipinski definition) is 1. The number of carbonyl (C=O) groups is 2. The Bertz CT molecular complexity index is 814. The molecule has 2 aromatic rings. The second-order valence-corrected chi connectivity index (χ2v) is 6.88. The molecular weight excluding hydrogens is 324 g/mol. The van der Waals surface area contributed by atoms with Crippen LogP contribution in [0.1, 0.15) is 58.0 Å². The molecule has 136 valence electrons. The highest BCUT2D eigenvalue weighted by atomic mass is 16.2. The molecule has 1 N–H and O–H groups in total. The van der Waals surface area contributed by atoms with Crippen LogP contribution in [0.25, 0.3) is 0 Å². The fourth-order valence-corrected chi connectivity index (χ4v) is 3.36. The molecule has 1 heterocycles. The van der Waals surface area contributed by atoms with Crippen molar-refractivity contribution in [3.8, 4) is 0 Å². The van der Waals surface area contributed by atoms with E-state index >= 15 is 0 Å². The standard InChI is InChI=1S/C22H26N2O2/c1-3-4-12-23-21(25)18-10-11-20-17(15-18)9-6-13-24(20)22(26)19-8-5-7-16(2)14-19/h5,7-8,10-11,14-15H,3-4,6,9,12-13H2,1-2H3,(H,23,25). The summed E-state index contributed by atoms with van der Waals surface area (Å²) in [6, 6.07) is 13.4. The first kappa shape index (κ1) is 18.2. The maximum atomic E-state index is 13.0. The van der Waals surface area contributed by atoms with E-state index in [0.29, 0.717) is 24.2 Å². The zero-order chi connectivity index (χ0) is 18.5. The van der Waals surface area contributed by atoms with Gasteiger partial charge in [-0.3, -0.25) is 9.59 Å². The number of fused-ring (bicyclic) bond motifs is 1. The smallest absolute Gasteiger partial charge is 0.258 e. The van der Waals surface area contributed by atoms with Gasteiger partial charge in [0.2, 0.25) is 0 Å². The van der Waals surface area contributed by atoms with E-state index in [2.05, 4.69) is 12.2 Å². The summed E-state index contributed by atoms with van der Waals surface area (Å²) in [6.07, 6.45) is 3.84. The molecule has 0 aliphatic carbocycles. The molecule has 4 nitrogen and oxygen atoms in total. The summed E-state index contributed by atoms with van der Waals surface area (Å²) in [5.41, 5.74) is 4.45. The van der Waals surface area contributed by atoms with Gasteiger partial charge in [-0.15, -0.1) is 0 Å². The quantitative estimate of drug-likeness (QED) is 0.825. The van der Waals surface area contributed by atoms with Crippen molar-refractivity contribution >= 4 is 17.5 Å². The van der Waals surface area contributed by atoms with Crippen LogP contribution in [0.4, 0.5) is 5.69 Å². The van der Waals surface area contributed by atoms with Crippen molar-refractivity contribution in [1.82, 2.24) is 5.32 Å². The molecule has 2 aromatic carbocycles. The topological polar surface area (TPSA) is 49.4 Å². The van der Waals surface area contributed by atoms with Crippen LogP contribution in [0, 0.1) is 6.92 Å². The predicted molar refractivity (Wildman–Crippen MR) is 105 cm³/mol. The molecule has 3 rings (SSSR count). The lowest BCUT2D eigenvalue weighted by Gasteiger charge is -2.30. The van der Waals surface area contributed by atoms with Gasteiger partial charge < -0.3 is 10.2 Å². The molecule has 26 heavy (non-hydrogen) atoms. The fourth-order valence-electron chi connectivity index (χ4n) is 3.36. The zero-order valence-electron chi connectivity index (χ0n) is 15.5. The first-order valence-corrected chi connectivity index (χ1v) is 9.40. The molecular formula is C22H26N2O2. The first-order valence-electron chi connectivity index (χ1n) is 9.40. The minimum absolute atomic E-state index is 0.0230. The number of aryl methyl sites for hydroxylation is 2. The number of anilines is 1. The molecule has 0 spiro atoms. The minimum Gasteiger partial charge on any atom is -0.352 e. The lowest BCUT2D eigenvalue weighted by Crippen LogP contribution is -2.35. The Hall–Kier alpha value is -2.62. The van der Waals surface area contributed by atoms with E-state index in [1.165, 1.54) is 0 Å². The van der Waals surface area contributed by atoms with Gasteiger partial charge in [-0.2, -0.15) is 0 Å². The van der Waals surface area contributed by atoms with Crippen LogP contribution in [0.5, 0.6) is 0 Å². The summed E-state index contributed by atoms with van der Waals surface area (Å²) >= 11 is 0. The molecule has 0 aromatic heterocycles. The van der Waals surface area contributed by atoms with Crippen LogP contribution >= 0.6 is 0 Å². The van der Waals surface area contributed by atoms with Gasteiger partial charge in [0.1, 0.15) is 0 Å². The number of benzene rings is 2. The summed E-state index contributed by atoms with van der Waals surface area (Å²) in [5, 5.41) is 2.95. The van der Waals surface area contributed by atoms with Gasteiger partial charge in [0.05, 0.1) is 0 Å². The number of amides is 2. The van der Waals surface area contributed by atoms with Gasteiger partial charge in [-0.25, -0.2) is 0 Å². The third kappa shape index (κ3) is 3.96. The number of unbranched alkanes of at least 4 members (excludes halogenated alkanes) is 1. The highest BCUT2D eigenvalue weighted by Gasteiger charge is 2.24. The van der Waals surface area contributed by atoms with Crippen molar-refractivity contribution in [1.29, 1.82) is 0 Å². The van der Waals surface area contributed by atoms with Crippen molar-refractivity contribution in [3.05, 3.63) is 64.7 Å². The molecule has 2 amide bonds. The van der Waals surface area contributed by atoms with Crippen molar-refractivity contribution in [2.45, 2.75) is 39.5 Å². The van der Waals surface area contributed by atoms with Crippen LogP contribution in [0.15, 0.2) is 42.5 Å². The third-order valence-electron chi connectivity index (χ3n) is 4.79. The Labute approximate surface area is 155 Å². The van der Waals surface area contributed by atoms with E-state index < -0.39 is 0 Å². The molecule has 0 radical (unpaired) electrons. The Morgan fingerprint density at radius 3 is 2.73 bits per heavy atom. The molecule has 1 aliphatic heterocycles. The average Bonchev–Trinajstić information content (AvgIpc) is 2.66. The highest BCUT2D eigenvalue weighted by molar-refractivity contribution is 6.07. The molecule has 0 unspecified atom stereocenters. The van der Waals surface area contributed by atoms with Crippen molar-refractivity contribution < 1.29 is 9.59 Å². The van der Waals surface area contributed by atoms with Crippen molar-refractivity contribution in [2.24, 2.45) is 0 Å². The Morgan fingerprint density at radius 1 is 1.12 bits per heavy atom. The second-order valence-electron chi connectivity index (χ2n) is 6.88. The monoisotopic (exact) mass is 350 g/mol. The van der Waals surface area contributed by atoms with E-state index in [1.54, 1.807) is 0 Å². The number of carbonyl (C=O) groups excluding carboxylic acids is 2.